The minimum atomic E-state index is -2.53. The van der Waals surface area contributed by atoms with Crippen molar-refractivity contribution in [2.75, 3.05) is 5.32 Å². The molecule has 0 saturated heterocycles. The van der Waals surface area contributed by atoms with E-state index in [1.165, 1.54) is 10.9 Å². The zero-order valence-electron chi connectivity index (χ0n) is 10.8. The summed E-state index contributed by atoms with van der Waals surface area (Å²) in [6.45, 7) is 0. The fourth-order valence-electron chi connectivity index (χ4n) is 2.53. The van der Waals surface area contributed by atoms with Crippen molar-refractivity contribution >= 4 is 21.7 Å². The molecule has 1 N–H and O–H groups in total. The minimum absolute atomic E-state index is 0.221. The lowest BCUT2D eigenvalue weighted by Gasteiger charge is -2.32. The van der Waals surface area contributed by atoms with Crippen LogP contribution in [0.5, 0.6) is 0 Å². The summed E-state index contributed by atoms with van der Waals surface area (Å²) >= 11 is 3.35. The number of nitrogens with zero attached hydrogens (tertiary/aromatic N) is 3. The average molecular weight is 353 g/mol. The van der Waals surface area contributed by atoms with E-state index >= 15 is 0 Å². The number of nitriles is 1. The van der Waals surface area contributed by atoms with Crippen LogP contribution in [0, 0.1) is 11.3 Å². The van der Waals surface area contributed by atoms with Gasteiger partial charge in [-0.25, -0.2) is 13.5 Å². The van der Waals surface area contributed by atoms with Gasteiger partial charge in [0.2, 0.25) is 0 Å². The smallest absolute Gasteiger partial charge is 0.260 e. The van der Waals surface area contributed by atoms with Gasteiger partial charge in [0, 0.05) is 4.47 Å². The van der Waals surface area contributed by atoms with Gasteiger partial charge in [0.15, 0.2) is 0 Å². The van der Waals surface area contributed by atoms with Crippen molar-refractivity contribution in [1.82, 2.24) is 9.78 Å². The number of nitrogens with one attached hydrogen (secondary N) is 1. The van der Waals surface area contributed by atoms with Crippen LogP contribution in [0.1, 0.15) is 29.6 Å². The number of alkyl halides is 2. The number of aromatic nitrogens is 2. The van der Waals surface area contributed by atoms with Crippen LogP contribution in [0.3, 0.4) is 0 Å². The molecule has 108 valence electrons. The van der Waals surface area contributed by atoms with Gasteiger partial charge >= 0.3 is 0 Å². The summed E-state index contributed by atoms with van der Waals surface area (Å²) in [6.07, 6.45) is -0.990. The van der Waals surface area contributed by atoms with Gasteiger partial charge in [-0.05, 0) is 24.1 Å². The third-order valence-corrected chi connectivity index (χ3v) is 4.11. The van der Waals surface area contributed by atoms with Crippen molar-refractivity contribution in [2.24, 2.45) is 0 Å². The van der Waals surface area contributed by atoms with Crippen molar-refractivity contribution in [1.29, 1.82) is 5.26 Å². The molecule has 1 aliphatic rings. The van der Waals surface area contributed by atoms with Gasteiger partial charge in [0.05, 0.1) is 12.2 Å². The summed E-state index contributed by atoms with van der Waals surface area (Å²) in [5, 5.41) is 16.1. The molecule has 2 unspecified atom stereocenters. The Morgan fingerprint density at radius 2 is 2.10 bits per heavy atom. The first-order valence-corrected chi connectivity index (χ1v) is 7.17. The van der Waals surface area contributed by atoms with Gasteiger partial charge < -0.3 is 5.32 Å². The van der Waals surface area contributed by atoms with E-state index in [-0.39, 0.29) is 18.0 Å². The Kier molecular flexibility index (Phi) is 3.64. The van der Waals surface area contributed by atoms with Gasteiger partial charge in [-0.15, -0.1) is 0 Å². The quantitative estimate of drug-likeness (QED) is 0.892. The Labute approximate surface area is 128 Å². The molecule has 3 rings (SSSR count). The average Bonchev–Trinajstić information content (AvgIpc) is 2.89. The second kappa shape index (κ2) is 5.45. The van der Waals surface area contributed by atoms with Crippen LogP contribution in [0.25, 0.3) is 0 Å². The van der Waals surface area contributed by atoms with Crippen LogP contribution in [0.2, 0.25) is 0 Å². The number of rotatable bonds is 2. The van der Waals surface area contributed by atoms with Crippen LogP contribution in [-0.4, -0.2) is 16.2 Å². The highest BCUT2D eigenvalue weighted by Gasteiger charge is 2.35. The maximum atomic E-state index is 13.3. The fourth-order valence-corrected chi connectivity index (χ4v) is 2.79. The molecule has 0 aliphatic carbocycles. The summed E-state index contributed by atoms with van der Waals surface area (Å²) < 4.78 is 28.7. The van der Waals surface area contributed by atoms with Crippen molar-refractivity contribution in [3.05, 3.63) is 46.1 Å². The van der Waals surface area contributed by atoms with E-state index < -0.39 is 12.5 Å². The van der Waals surface area contributed by atoms with E-state index in [9.17, 15) is 8.78 Å². The normalized spacial score (nSPS) is 20.7. The second-order valence-corrected chi connectivity index (χ2v) is 5.76. The second-order valence-electron chi connectivity index (χ2n) is 4.85. The lowest BCUT2D eigenvalue weighted by molar-refractivity contribution is 0.0658. The molecule has 0 bridgehead atoms. The third kappa shape index (κ3) is 2.51. The summed E-state index contributed by atoms with van der Waals surface area (Å²) in [6, 6.07) is 8.16. The number of hydrogen-bond acceptors (Lipinski definition) is 3. The molecular formula is C14H11BrF2N4. The molecule has 2 aromatic rings. The van der Waals surface area contributed by atoms with E-state index in [1.54, 1.807) is 0 Å². The third-order valence-electron chi connectivity index (χ3n) is 3.58. The Bertz CT molecular complexity index is 690. The van der Waals surface area contributed by atoms with E-state index in [2.05, 4.69) is 26.3 Å². The highest BCUT2D eigenvalue weighted by molar-refractivity contribution is 9.10. The predicted octanol–water partition coefficient (Wildman–Crippen LogP) is 3.88. The first-order valence-electron chi connectivity index (χ1n) is 6.38. The highest BCUT2D eigenvalue weighted by atomic mass is 79.9. The van der Waals surface area contributed by atoms with Gasteiger partial charge in [-0.2, -0.15) is 10.4 Å². The molecule has 1 aromatic heterocycles. The van der Waals surface area contributed by atoms with E-state index in [1.807, 2.05) is 30.3 Å². The zero-order chi connectivity index (χ0) is 15.0. The van der Waals surface area contributed by atoms with Gasteiger partial charge in [-0.1, -0.05) is 28.1 Å². The Morgan fingerprint density at radius 1 is 1.38 bits per heavy atom. The standard InChI is InChI=1S/C14H11BrF2N4/c15-10-3-1-8(2-4-10)11-5-12(13(16)17)21-14(20-11)9(6-18)7-19-21/h1-4,7,11-13,20H,5H2. The summed E-state index contributed by atoms with van der Waals surface area (Å²) in [4.78, 5) is 0. The molecule has 0 saturated carbocycles. The summed E-state index contributed by atoms with van der Waals surface area (Å²) in [7, 11) is 0. The molecule has 7 heteroatoms. The highest BCUT2D eigenvalue weighted by Crippen LogP contribution is 2.39. The lowest BCUT2D eigenvalue weighted by Crippen LogP contribution is -2.31. The summed E-state index contributed by atoms with van der Waals surface area (Å²) in [5.74, 6) is 0.363. The minimum Gasteiger partial charge on any atom is -0.362 e. The maximum absolute atomic E-state index is 13.3. The van der Waals surface area contributed by atoms with Crippen LogP contribution >= 0.6 is 15.9 Å². The topological polar surface area (TPSA) is 53.6 Å². The number of hydrogen-bond donors (Lipinski definition) is 1. The maximum Gasteiger partial charge on any atom is 0.260 e. The van der Waals surface area contributed by atoms with Crippen molar-refractivity contribution in [3.63, 3.8) is 0 Å². The molecular weight excluding hydrogens is 342 g/mol. The molecule has 0 amide bonds. The number of anilines is 1. The molecule has 0 radical (unpaired) electrons. The van der Waals surface area contributed by atoms with Gasteiger partial charge in [0.25, 0.3) is 6.43 Å². The van der Waals surface area contributed by atoms with Gasteiger partial charge in [0.1, 0.15) is 23.5 Å². The largest absolute Gasteiger partial charge is 0.362 e. The number of benzene rings is 1. The van der Waals surface area contributed by atoms with Crippen LogP contribution in [0.15, 0.2) is 34.9 Å². The van der Waals surface area contributed by atoms with Crippen LogP contribution in [0.4, 0.5) is 14.6 Å². The van der Waals surface area contributed by atoms with E-state index in [0.717, 1.165) is 10.0 Å². The Morgan fingerprint density at radius 3 is 2.71 bits per heavy atom. The number of fused-ring (bicyclic) bond motifs is 1. The molecule has 0 fully saturated rings. The van der Waals surface area contributed by atoms with E-state index in [4.69, 9.17) is 5.26 Å². The zero-order valence-corrected chi connectivity index (χ0v) is 12.4. The Hall–Kier alpha value is -1.94. The monoisotopic (exact) mass is 352 g/mol. The Balaban J connectivity index is 2.00. The van der Waals surface area contributed by atoms with E-state index in [0.29, 0.717) is 5.82 Å². The fraction of sp³-hybridized carbons (Fsp3) is 0.286. The van der Waals surface area contributed by atoms with Crippen LogP contribution < -0.4 is 5.32 Å². The molecule has 2 atom stereocenters. The predicted molar refractivity (Wildman–Crippen MR) is 77.1 cm³/mol. The SMILES string of the molecule is N#Cc1cnn2c1NC(c1ccc(Br)cc1)CC2C(F)F. The van der Waals surface area contributed by atoms with Gasteiger partial charge in [-0.3, -0.25) is 0 Å². The first-order chi connectivity index (χ1) is 10.1. The van der Waals surface area contributed by atoms with Crippen molar-refractivity contribution in [2.45, 2.75) is 24.9 Å². The molecule has 21 heavy (non-hydrogen) atoms. The number of halogens is 3. The molecule has 1 aliphatic heterocycles. The lowest BCUT2D eigenvalue weighted by atomic mass is 9.97. The van der Waals surface area contributed by atoms with Crippen LogP contribution in [-0.2, 0) is 0 Å². The summed E-state index contributed by atoms with van der Waals surface area (Å²) in [5.41, 5.74) is 1.18. The molecule has 2 heterocycles. The first kappa shape index (κ1) is 14.0. The van der Waals surface area contributed by atoms with Crippen molar-refractivity contribution < 1.29 is 8.78 Å². The van der Waals surface area contributed by atoms with Crippen molar-refractivity contribution in [3.8, 4) is 6.07 Å². The molecule has 0 spiro atoms. The molecule has 1 aromatic carbocycles. The molecule has 4 nitrogen and oxygen atoms in total.